The molecular weight excluding hydrogens is 486 g/mol. The number of halogens is 1. The molecule has 33 heavy (non-hydrogen) atoms. The lowest BCUT2D eigenvalue weighted by molar-refractivity contribution is -0.120. The zero-order chi connectivity index (χ0) is 23.5. The smallest absolute Gasteiger partial charge is 0.251 e. The molecule has 0 fully saturated rings. The first kappa shape index (κ1) is 24.0. The van der Waals surface area contributed by atoms with Crippen LogP contribution in [0.25, 0.3) is 0 Å². The van der Waals surface area contributed by atoms with E-state index in [0.717, 1.165) is 15.6 Å². The molecule has 0 saturated carbocycles. The second-order valence-electron chi connectivity index (χ2n) is 6.99. The second-order valence-corrected chi connectivity index (χ2v) is 7.85. The van der Waals surface area contributed by atoms with Gasteiger partial charge in [-0.1, -0.05) is 30.3 Å². The highest BCUT2D eigenvalue weighted by atomic mass is 79.9. The summed E-state index contributed by atoms with van der Waals surface area (Å²) in [5, 5.41) is 6.67. The number of benzene rings is 3. The Bertz CT molecular complexity index is 1100. The van der Waals surface area contributed by atoms with Gasteiger partial charge in [0.2, 0.25) is 5.91 Å². The van der Waals surface area contributed by atoms with Crippen LogP contribution in [0.4, 0.5) is 0 Å². The predicted octanol–water partition coefficient (Wildman–Crippen LogP) is 4.31. The topological polar surface area (TPSA) is 89.0 Å². The van der Waals surface area contributed by atoms with Gasteiger partial charge in [0.05, 0.1) is 17.8 Å². The zero-order valence-electron chi connectivity index (χ0n) is 18.1. The molecule has 0 unspecified atom stereocenters. The van der Waals surface area contributed by atoms with E-state index >= 15 is 0 Å². The maximum Gasteiger partial charge on any atom is 0.251 e. The summed E-state index contributed by atoms with van der Waals surface area (Å²) in [5.41, 5.74) is 4.83. The van der Waals surface area contributed by atoms with Crippen molar-refractivity contribution in [2.24, 2.45) is 5.10 Å². The number of methoxy groups -OCH3 is 1. The van der Waals surface area contributed by atoms with Crippen LogP contribution < -0.4 is 20.2 Å². The summed E-state index contributed by atoms with van der Waals surface area (Å²) in [6, 6.07) is 22.2. The monoisotopic (exact) mass is 509 g/mol. The van der Waals surface area contributed by atoms with Crippen molar-refractivity contribution in [2.75, 3.05) is 13.7 Å². The Balaban J connectivity index is 1.40. The zero-order valence-corrected chi connectivity index (χ0v) is 19.7. The molecule has 0 aliphatic rings. The van der Waals surface area contributed by atoms with Gasteiger partial charge in [0.25, 0.3) is 5.91 Å². The van der Waals surface area contributed by atoms with E-state index in [4.69, 9.17) is 9.47 Å². The molecule has 2 amide bonds. The molecule has 7 nitrogen and oxygen atoms in total. The highest BCUT2D eigenvalue weighted by Crippen LogP contribution is 2.26. The Kier molecular flexibility index (Phi) is 9.02. The molecule has 0 spiro atoms. The van der Waals surface area contributed by atoms with E-state index in [0.29, 0.717) is 23.7 Å². The van der Waals surface area contributed by atoms with Crippen molar-refractivity contribution in [3.05, 3.63) is 94.0 Å². The molecule has 0 aliphatic heterocycles. The minimum absolute atomic E-state index is 0.106. The molecule has 3 aromatic carbocycles. The number of carbonyl (C=O) groups is 2. The van der Waals surface area contributed by atoms with E-state index in [1.165, 1.54) is 0 Å². The number of carbonyl (C=O) groups excluding carboxylic acids is 2. The molecular formula is C25H24BrN3O4. The minimum atomic E-state index is -0.303. The molecule has 3 rings (SSSR count). The van der Waals surface area contributed by atoms with E-state index in [1.54, 1.807) is 37.6 Å². The Morgan fingerprint density at radius 2 is 1.79 bits per heavy atom. The summed E-state index contributed by atoms with van der Waals surface area (Å²) in [5.74, 6) is 0.828. The fourth-order valence-electron chi connectivity index (χ4n) is 2.82. The lowest BCUT2D eigenvalue weighted by Crippen LogP contribution is -2.29. The largest absolute Gasteiger partial charge is 0.497 e. The van der Waals surface area contributed by atoms with Crippen LogP contribution in [0.1, 0.15) is 27.9 Å². The Labute approximate surface area is 200 Å². The molecule has 0 saturated heterocycles. The quantitative estimate of drug-likeness (QED) is 0.314. The summed E-state index contributed by atoms with van der Waals surface area (Å²) in [6.07, 6.45) is 1.65. The summed E-state index contributed by atoms with van der Waals surface area (Å²) in [7, 11) is 1.56. The molecule has 0 bridgehead atoms. The number of hydrogen-bond acceptors (Lipinski definition) is 5. The van der Waals surface area contributed by atoms with Crippen LogP contribution in [0.2, 0.25) is 0 Å². The Morgan fingerprint density at radius 1 is 1.03 bits per heavy atom. The van der Waals surface area contributed by atoms with Gasteiger partial charge < -0.3 is 14.8 Å². The second kappa shape index (κ2) is 12.4. The summed E-state index contributed by atoms with van der Waals surface area (Å²) in [4.78, 5) is 24.0. The fourth-order valence-corrected chi connectivity index (χ4v) is 3.33. The van der Waals surface area contributed by atoms with Gasteiger partial charge in [-0.2, -0.15) is 5.10 Å². The lowest BCUT2D eigenvalue weighted by Gasteiger charge is -2.09. The molecule has 0 aliphatic carbocycles. The van der Waals surface area contributed by atoms with Gasteiger partial charge in [0.1, 0.15) is 18.1 Å². The first-order valence-corrected chi connectivity index (χ1v) is 11.0. The van der Waals surface area contributed by atoms with Crippen LogP contribution in [-0.2, 0) is 11.4 Å². The predicted molar refractivity (Wildman–Crippen MR) is 131 cm³/mol. The third-order valence-corrected chi connectivity index (χ3v) is 5.21. The van der Waals surface area contributed by atoms with Gasteiger partial charge in [0.15, 0.2) is 0 Å². The lowest BCUT2D eigenvalue weighted by atomic mass is 10.2. The summed E-state index contributed by atoms with van der Waals surface area (Å²) in [6.45, 7) is 0.670. The van der Waals surface area contributed by atoms with Gasteiger partial charge in [-0.25, -0.2) is 5.43 Å². The van der Waals surface area contributed by atoms with Crippen LogP contribution >= 0.6 is 15.9 Å². The van der Waals surface area contributed by atoms with Gasteiger partial charge in [-0.15, -0.1) is 0 Å². The average Bonchev–Trinajstić information content (AvgIpc) is 2.84. The highest BCUT2D eigenvalue weighted by Gasteiger charge is 2.07. The van der Waals surface area contributed by atoms with Crippen molar-refractivity contribution < 1.29 is 19.1 Å². The van der Waals surface area contributed by atoms with E-state index < -0.39 is 0 Å². The molecule has 8 heteroatoms. The Hall–Kier alpha value is -3.65. The van der Waals surface area contributed by atoms with Crippen LogP contribution in [0.5, 0.6) is 11.5 Å². The van der Waals surface area contributed by atoms with E-state index in [9.17, 15) is 9.59 Å². The minimum Gasteiger partial charge on any atom is -0.497 e. The first-order valence-electron chi connectivity index (χ1n) is 10.3. The summed E-state index contributed by atoms with van der Waals surface area (Å²) < 4.78 is 11.7. The molecule has 0 radical (unpaired) electrons. The number of hydrogen-bond donors (Lipinski definition) is 2. The van der Waals surface area contributed by atoms with Crippen LogP contribution in [0.3, 0.4) is 0 Å². The number of nitrogens with one attached hydrogen (secondary N) is 2. The first-order chi connectivity index (χ1) is 16.0. The normalized spacial score (nSPS) is 10.6. The van der Waals surface area contributed by atoms with Crippen molar-refractivity contribution in [1.29, 1.82) is 0 Å². The molecule has 0 atom stereocenters. The highest BCUT2D eigenvalue weighted by molar-refractivity contribution is 9.10. The van der Waals surface area contributed by atoms with E-state index in [2.05, 4.69) is 31.8 Å². The van der Waals surface area contributed by atoms with Crippen molar-refractivity contribution in [2.45, 2.75) is 13.0 Å². The number of rotatable bonds is 10. The van der Waals surface area contributed by atoms with Crippen LogP contribution in [0, 0.1) is 0 Å². The number of amides is 2. The summed E-state index contributed by atoms with van der Waals surface area (Å²) >= 11 is 3.50. The molecule has 2 N–H and O–H groups in total. The molecule has 3 aromatic rings. The molecule has 0 heterocycles. The maximum absolute atomic E-state index is 12.1. The van der Waals surface area contributed by atoms with Crippen molar-refractivity contribution in [3.8, 4) is 11.5 Å². The van der Waals surface area contributed by atoms with Gasteiger partial charge in [-0.05, 0) is 69.5 Å². The Morgan fingerprint density at radius 3 is 2.48 bits per heavy atom. The molecule has 170 valence electrons. The van der Waals surface area contributed by atoms with Crippen molar-refractivity contribution in [1.82, 2.24) is 10.7 Å². The average molecular weight is 510 g/mol. The van der Waals surface area contributed by atoms with E-state index in [-0.39, 0.29) is 24.8 Å². The molecule has 0 aromatic heterocycles. The maximum atomic E-state index is 12.1. The third-order valence-electron chi connectivity index (χ3n) is 4.59. The van der Waals surface area contributed by atoms with Gasteiger partial charge in [-0.3, -0.25) is 9.59 Å². The standard InChI is InChI=1S/C25H24BrN3O4/c1-32-21-10-8-20(9-11-21)25(31)27-14-13-24(30)29-28-16-19-7-12-23(22(26)15-19)33-17-18-5-3-2-4-6-18/h2-12,15-16H,13-14,17H2,1H3,(H,27,31)(H,29,30). The van der Waals surface area contributed by atoms with Gasteiger partial charge >= 0.3 is 0 Å². The number of nitrogens with zero attached hydrogens (tertiary/aromatic N) is 1. The number of hydrazone groups is 1. The number of ether oxygens (including phenoxy) is 2. The van der Waals surface area contributed by atoms with Crippen LogP contribution in [0.15, 0.2) is 82.4 Å². The van der Waals surface area contributed by atoms with Crippen molar-refractivity contribution >= 4 is 34.0 Å². The van der Waals surface area contributed by atoms with Gasteiger partial charge in [0, 0.05) is 18.5 Å². The third kappa shape index (κ3) is 7.76. The van der Waals surface area contributed by atoms with Crippen molar-refractivity contribution in [3.63, 3.8) is 0 Å². The SMILES string of the molecule is COc1ccc(C(=O)NCCC(=O)NN=Cc2ccc(OCc3ccccc3)c(Br)c2)cc1. The fraction of sp³-hybridized carbons (Fsp3) is 0.160. The van der Waals surface area contributed by atoms with E-state index in [1.807, 2.05) is 48.5 Å². The van der Waals surface area contributed by atoms with Crippen LogP contribution in [-0.4, -0.2) is 31.7 Å².